The highest BCUT2D eigenvalue weighted by atomic mass is 16.5. The average Bonchev–Trinajstić information content (AvgIpc) is 2.39. The standard InChI is InChI=1S/C14H21NO3/c1-5-15-14(3,13(16)18-6-2)11-7-9-12(17-4)10-8-11/h7-10,15H,5-6H2,1-4H3. The number of hydrogen-bond donors (Lipinski definition) is 1. The number of esters is 1. The molecule has 0 radical (unpaired) electrons. The van der Waals surface area contributed by atoms with Crippen LogP contribution in [0, 0.1) is 0 Å². The molecular weight excluding hydrogens is 230 g/mol. The van der Waals surface area contributed by atoms with Gasteiger partial charge in [0.1, 0.15) is 11.3 Å². The van der Waals surface area contributed by atoms with Crippen molar-refractivity contribution in [1.29, 1.82) is 0 Å². The number of carbonyl (C=O) groups is 1. The molecule has 1 aromatic rings. The van der Waals surface area contributed by atoms with E-state index in [4.69, 9.17) is 9.47 Å². The molecule has 0 aliphatic heterocycles. The molecule has 0 aromatic heterocycles. The van der Waals surface area contributed by atoms with Crippen molar-refractivity contribution in [2.24, 2.45) is 0 Å². The average molecular weight is 251 g/mol. The Labute approximate surface area is 108 Å². The van der Waals surface area contributed by atoms with Crippen molar-refractivity contribution >= 4 is 5.97 Å². The minimum Gasteiger partial charge on any atom is -0.497 e. The fourth-order valence-corrected chi connectivity index (χ4v) is 1.85. The highest BCUT2D eigenvalue weighted by Crippen LogP contribution is 2.24. The van der Waals surface area contributed by atoms with Gasteiger partial charge in [0.05, 0.1) is 13.7 Å². The fraction of sp³-hybridized carbons (Fsp3) is 0.500. The zero-order valence-corrected chi connectivity index (χ0v) is 11.4. The zero-order valence-electron chi connectivity index (χ0n) is 11.4. The molecule has 0 saturated heterocycles. The summed E-state index contributed by atoms with van der Waals surface area (Å²) in [4.78, 5) is 12.1. The first-order valence-electron chi connectivity index (χ1n) is 6.15. The molecule has 4 nitrogen and oxygen atoms in total. The summed E-state index contributed by atoms with van der Waals surface area (Å²) in [6.45, 7) is 6.65. The third kappa shape index (κ3) is 3.01. The van der Waals surface area contributed by atoms with Gasteiger partial charge in [-0.3, -0.25) is 5.32 Å². The van der Waals surface area contributed by atoms with Crippen molar-refractivity contribution in [3.8, 4) is 5.75 Å². The van der Waals surface area contributed by atoms with Gasteiger partial charge in [-0.1, -0.05) is 19.1 Å². The van der Waals surface area contributed by atoms with E-state index < -0.39 is 5.54 Å². The van der Waals surface area contributed by atoms with Crippen LogP contribution in [0.3, 0.4) is 0 Å². The highest BCUT2D eigenvalue weighted by Gasteiger charge is 2.35. The van der Waals surface area contributed by atoms with E-state index in [1.165, 1.54) is 0 Å². The van der Waals surface area contributed by atoms with Gasteiger partial charge in [-0.05, 0) is 38.1 Å². The van der Waals surface area contributed by atoms with Crippen LogP contribution in [0.4, 0.5) is 0 Å². The molecular formula is C14H21NO3. The van der Waals surface area contributed by atoms with Gasteiger partial charge >= 0.3 is 5.97 Å². The molecule has 0 aliphatic rings. The Hall–Kier alpha value is -1.55. The Kier molecular flexibility index (Phi) is 5.16. The SMILES string of the molecule is CCNC(C)(C(=O)OCC)c1ccc(OC)cc1. The van der Waals surface area contributed by atoms with Crippen LogP contribution < -0.4 is 10.1 Å². The Morgan fingerprint density at radius 1 is 1.28 bits per heavy atom. The summed E-state index contributed by atoms with van der Waals surface area (Å²) in [6.07, 6.45) is 0. The molecule has 0 fully saturated rings. The molecule has 1 rings (SSSR count). The molecule has 0 heterocycles. The largest absolute Gasteiger partial charge is 0.497 e. The first kappa shape index (κ1) is 14.5. The first-order chi connectivity index (χ1) is 8.58. The number of hydrogen-bond acceptors (Lipinski definition) is 4. The predicted octanol–water partition coefficient (Wildman–Crippen LogP) is 2.08. The molecule has 1 atom stereocenters. The first-order valence-corrected chi connectivity index (χ1v) is 6.15. The number of rotatable bonds is 6. The lowest BCUT2D eigenvalue weighted by Gasteiger charge is -2.28. The van der Waals surface area contributed by atoms with Crippen molar-refractivity contribution in [2.45, 2.75) is 26.3 Å². The second-order valence-electron chi connectivity index (χ2n) is 4.10. The molecule has 4 heteroatoms. The van der Waals surface area contributed by atoms with Crippen LogP contribution in [0.2, 0.25) is 0 Å². The van der Waals surface area contributed by atoms with Gasteiger partial charge in [0, 0.05) is 0 Å². The Morgan fingerprint density at radius 2 is 1.89 bits per heavy atom. The molecule has 0 spiro atoms. The maximum absolute atomic E-state index is 12.1. The molecule has 0 saturated carbocycles. The lowest BCUT2D eigenvalue weighted by molar-refractivity contribution is -0.151. The number of carbonyl (C=O) groups excluding carboxylic acids is 1. The third-order valence-electron chi connectivity index (χ3n) is 2.88. The van der Waals surface area contributed by atoms with Crippen LogP contribution in [0.15, 0.2) is 24.3 Å². The normalized spacial score (nSPS) is 13.8. The van der Waals surface area contributed by atoms with Gasteiger partial charge in [0.15, 0.2) is 0 Å². The van der Waals surface area contributed by atoms with Crippen LogP contribution in [-0.2, 0) is 15.1 Å². The third-order valence-corrected chi connectivity index (χ3v) is 2.88. The van der Waals surface area contributed by atoms with Gasteiger partial charge in [0.25, 0.3) is 0 Å². The van der Waals surface area contributed by atoms with Gasteiger partial charge < -0.3 is 9.47 Å². The fourth-order valence-electron chi connectivity index (χ4n) is 1.85. The van der Waals surface area contributed by atoms with Crippen molar-refractivity contribution in [2.75, 3.05) is 20.3 Å². The minimum absolute atomic E-state index is 0.267. The Balaban J connectivity index is 3.05. The van der Waals surface area contributed by atoms with Crippen LogP contribution in [0.25, 0.3) is 0 Å². The van der Waals surface area contributed by atoms with E-state index in [0.29, 0.717) is 13.2 Å². The van der Waals surface area contributed by atoms with Crippen LogP contribution >= 0.6 is 0 Å². The second kappa shape index (κ2) is 6.40. The molecule has 18 heavy (non-hydrogen) atoms. The minimum atomic E-state index is -0.822. The van der Waals surface area contributed by atoms with E-state index in [0.717, 1.165) is 11.3 Å². The van der Waals surface area contributed by atoms with Crippen LogP contribution in [0.1, 0.15) is 26.3 Å². The maximum atomic E-state index is 12.1. The maximum Gasteiger partial charge on any atom is 0.330 e. The highest BCUT2D eigenvalue weighted by molar-refractivity contribution is 5.82. The molecule has 1 aromatic carbocycles. The predicted molar refractivity (Wildman–Crippen MR) is 70.7 cm³/mol. The number of methoxy groups -OCH3 is 1. The van der Waals surface area contributed by atoms with E-state index in [1.807, 2.05) is 38.1 Å². The Bertz CT molecular complexity index is 389. The van der Waals surface area contributed by atoms with Crippen molar-refractivity contribution in [1.82, 2.24) is 5.32 Å². The number of likely N-dealkylation sites (N-methyl/N-ethyl adjacent to an activating group) is 1. The zero-order chi connectivity index (χ0) is 13.6. The monoisotopic (exact) mass is 251 g/mol. The summed E-state index contributed by atoms with van der Waals surface area (Å²) < 4.78 is 10.3. The van der Waals surface area contributed by atoms with Crippen molar-refractivity contribution in [3.05, 3.63) is 29.8 Å². The summed E-state index contributed by atoms with van der Waals surface area (Å²) in [5.41, 5.74) is 0.0421. The molecule has 100 valence electrons. The van der Waals surface area contributed by atoms with E-state index >= 15 is 0 Å². The quantitative estimate of drug-likeness (QED) is 0.786. The summed E-state index contributed by atoms with van der Waals surface area (Å²) in [5.74, 6) is 0.499. The lowest BCUT2D eigenvalue weighted by Crippen LogP contribution is -2.47. The second-order valence-corrected chi connectivity index (χ2v) is 4.10. The summed E-state index contributed by atoms with van der Waals surface area (Å²) in [7, 11) is 1.61. The van der Waals surface area contributed by atoms with E-state index in [9.17, 15) is 4.79 Å². The summed E-state index contributed by atoms with van der Waals surface area (Å²) in [5, 5.41) is 3.18. The topological polar surface area (TPSA) is 47.6 Å². The molecule has 0 bridgehead atoms. The lowest BCUT2D eigenvalue weighted by atomic mass is 9.92. The van der Waals surface area contributed by atoms with Gasteiger partial charge in [-0.25, -0.2) is 4.79 Å². The van der Waals surface area contributed by atoms with Gasteiger partial charge in [-0.15, -0.1) is 0 Å². The van der Waals surface area contributed by atoms with Crippen LogP contribution in [-0.4, -0.2) is 26.2 Å². The van der Waals surface area contributed by atoms with Crippen LogP contribution in [0.5, 0.6) is 5.75 Å². The van der Waals surface area contributed by atoms with Gasteiger partial charge in [0.2, 0.25) is 0 Å². The number of nitrogens with one attached hydrogen (secondary N) is 1. The smallest absolute Gasteiger partial charge is 0.330 e. The molecule has 1 unspecified atom stereocenters. The molecule has 0 amide bonds. The Morgan fingerprint density at radius 3 is 2.33 bits per heavy atom. The van der Waals surface area contributed by atoms with Gasteiger partial charge in [-0.2, -0.15) is 0 Å². The van der Waals surface area contributed by atoms with E-state index in [2.05, 4.69) is 5.32 Å². The van der Waals surface area contributed by atoms with E-state index in [-0.39, 0.29) is 5.97 Å². The van der Waals surface area contributed by atoms with Crippen molar-refractivity contribution in [3.63, 3.8) is 0 Å². The number of benzene rings is 1. The van der Waals surface area contributed by atoms with Crippen molar-refractivity contribution < 1.29 is 14.3 Å². The summed E-state index contributed by atoms with van der Waals surface area (Å²) in [6, 6.07) is 7.42. The number of ether oxygens (including phenoxy) is 2. The van der Waals surface area contributed by atoms with E-state index in [1.54, 1.807) is 14.0 Å². The summed E-state index contributed by atoms with van der Waals surface area (Å²) >= 11 is 0. The molecule has 1 N–H and O–H groups in total. The molecule has 0 aliphatic carbocycles.